The van der Waals surface area contributed by atoms with E-state index in [2.05, 4.69) is 20.9 Å². The van der Waals surface area contributed by atoms with Crippen LogP contribution < -0.4 is 11.2 Å². The van der Waals surface area contributed by atoms with Crippen molar-refractivity contribution < 1.29 is 33.3 Å². The lowest BCUT2D eigenvalue weighted by atomic mass is 10.1. The van der Waals surface area contributed by atoms with Gasteiger partial charge < -0.3 is 18.9 Å². The monoisotopic (exact) mass is 448 g/mol. The Hall–Kier alpha value is -2.47. The smallest absolute Gasteiger partial charge is 0.330 e. The number of halogens is 1. The summed E-state index contributed by atoms with van der Waals surface area (Å²) in [6, 6.07) is 0. The summed E-state index contributed by atoms with van der Waals surface area (Å²) in [5, 5.41) is 0. The maximum Gasteiger partial charge on any atom is 0.330 e. The van der Waals surface area contributed by atoms with E-state index in [-0.39, 0.29) is 11.1 Å². The molecule has 1 fully saturated rings. The molecule has 0 bridgehead atoms. The van der Waals surface area contributed by atoms with Crippen molar-refractivity contribution in [2.75, 3.05) is 6.61 Å². The second-order valence-corrected chi connectivity index (χ2v) is 6.51. The van der Waals surface area contributed by atoms with Crippen LogP contribution in [-0.4, -0.2) is 52.4 Å². The molecule has 1 saturated heterocycles. The molecule has 0 aliphatic carbocycles. The van der Waals surface area contributed by atoms with Crippen LogP contribution in [0.3, 0.4) is 0 Å². The van der Waals surface area contributed by atoms with Crippen LogP contribution >= 0.6 is 15.9 Å². The molecular weight excluding hydrogens is 432 g/mol. The summed E-state index contributed by atoms with van der Waals surface area (Å²) in [7, 11) is 0. The largest absolute Gasteiger partial charge is 0.463 e. The van der Waals surface area contributed by atoms with E-state index >= 15 is 0 Å². The van der Waals surface area contributed by atoms with Crippen LogP contribution in [0.25, 0.3) is 0 Å². The molecule has 1 N–H and O–H groups in total. The van der Waals surface area contributed by atoms with E-state index in [1.54, 1.807) is 0 Å². The van der Waals surface area contributed by atoms with Gasteiger partial charge in [0.15, 0.2) is 18.4 Å². The lowest BCUT2D eigenvalue weighted by Crippen LogP contribution is -2.42. The Morgan fingerprint density at radius 3 is 2.26 bits per heavy atom. The highest BCUT2D eigenvalue weighted by Gasteiger charge is 2.51. The van der Waals surface area contributed by atoms with Crippen LogP contribution in [0.1, 0.15) is 27.0 Å². The lowest BCUT2D eigenvalue weighted by Gasteiger charge is -2.23. The molecule has 0 radical (unpaired) electrons. The first kappa shape index (κ1) is 20.8. The van der Waals surface area contributed by atoms with Crippen molar-refractivity contribution in [2.24, 2.45) is 0 Å². The van der Waals surface area contributed by atoms with Gasteiger partial charge in [0, 0.05) is 27.0 Å². The predicted molar refractivity (Wildman–Crippen MR) is 90.7 cm³/mol. The molecule has 0 unspecified atom stereocenters. The molecule has 0 spiro atoms. The molecule has 12 heteroatoms. The van der Waals surface area contributed by atoms with Gasteiger partial charge in [-0.25, -0.2) is 4.79 Å². The van der Waals surface area contributed by atoms with Crippen LogP contribution in [-0.2, 0) is 33.3 Å². The maximum absolute atomic E-state index is 12.2. The van der Waals surface area contributed by atoms with Gasteiger partial charge in [0.2, 0.25) is 0 Å². The van der Waals surface area contributed by atoms with Crippen LogP contribution in [0, 0.1) is 0 Å². The minimum atomic E-state index is -1.24. The number of H-pyrrole nitrogens is 1. The van der Waals surface area contributed by atoms with E-state index in [4.69, 9.17) is 18.9 Å². The molecule has 11 nitrogen and oxygen atoms in total. The highest BCUT2D eigenvalue weighted by Crippen LogP contribution is 2.33. The van der Waals surface area contributed by atoms with Gasteiger partial charge in [-0.3, -0.25) is 28.7 Å². The zero-order valence-corrected chi connectivity index (χ0v) is 16.2. The molecule has 1 aliphatic rings. The standard InChI is InChI=1S/C15H17BrN2O9/c1-6(19)24-5-10-11(25-7(2)20)12(26-8(3)21)14(27-10)18-4-9(16)13(22)17-15(18)23/h4,10-12,14H,5H2,1-3H3,(H,17,22,23)/t10-,11-,12-,14+/m0/s1. The average Bonchev–Trinajstić information content (AvgIpc) is 2.85. The molecule has 0 saturated carbocycles. The Labute approximate surface area is 160 Å². The molecule has 2 heterocycles. The Bertz CT molecular complexity index is 862. The van der Waals surface area contributed by atoms with Gasteiger partial charge in [0.05, 0.1) is 4.47 Å². The van der Waals surface area contributed by atoms with Crippen LogP contribution in [0.15, 0.2) is 20.3 Å². The van der Waals surface area contributed by atoms with E-state index in [0.717, 1.165) is 24.6 Å². The van der Waals surface area contributed by atoms with E-state index in [0.29, 0.717) is 0 Å². The molecule has 148 valence electrons. The van der Waals surface area contributed by atoms with Gasteiger partial charge in [-0.2, -0.15) is 0 Å². The molecule has 2 rings (SSSR count). The summed E-state index contributed by atoms with van der Waals surface area (Å²) < 4.78 is 22.0. The van der Waals surface area contributed by atoms with Crippen LogP contribution in [0.4, 0.5) is 0 Å². The molecule has 0 amide bonds. The van der Waals surface area contributed by atoms with Crippen molar-refractivity contribution in [3.63, 3.8) is 0 Å². The van der Waals surface area contributed by atoms with E-state index in [1.165, 1.54) is 6.92 Å². The number of aromatic amines is 1. The number of esters is 3. The summed E-state index contributed by atoms with van der Waals surface area (Å²) >= 11 is 3.00. The lowest BCUT2D eigenvalue weighted by molar-refractivity contribution is -0.166. The third kappa shape index (κ3) is 5.04. The van der Waals surface area contributed by atoms with Crippen molar-refractivity contribution >= 4 is 33.8 Å². The van der Waals surface area contributed by atoms with Gasteiger partial charge in [-0.15, -0.1) is 0 Å². The number of nitrogens with zero attached hydrogens (tertiary/aromatic N) is 1. The summed E-state index contributed by atoms with van der Waals surface area (Å²) in [4.78, 5) is 59.9. The van der Waals surface area contributed by atoms with Crippen molar-refractivity contribution in [3.8, 4) is 0 Å². The zero-order valence-electron chi connectivity index (χ0n) is 14.6. The molecule has 1 aliphatic heterocycles. The number of ether oxygens (including phenoxy) is 4. The topological polar surface area (TPSA) is 143 Å². The minimum absolute atomic E-state index is 0.0275. The Balaban J connectivity index is 2.47. The Morgan fingerprint density at radius 2 is 1.70 bits per heavy atom. The fourth-order valence-electron chi connectivity index (χ4n) is 2.57. The van der Waals surface area contributed by atoms with Crippen LogP contribution in [0.2, 0.25) is 0 Å². The SMILES string of the molecule is CC(=O)OC[C@@H]1O[C@@H](n2cc(Br)c(=O)[nH]c2=O)[C@@H](OC(C)=O)[C@H]1OC(C)=O. The summed E-state index contributed by atoms with van der Waals surface area (Å²) in [5.74, 6) is -2.00. The predicted octanol–water partition coefficient (Wildman–Crippen LogP) is -0.377. The number of carbonyl (C=O) groups is 3. The molecule has 4 atom stereocenters. The van der Waals surface area contributed by atoms with Gasteiger partial charge in [0.1, 0.15) is 12.7 Å². The molecule has 1 aromatic rings. The molecule has 1 aromatic heterocycles. The van der Waals surface area contributed by atoms with Crippen molar-refractivity contribution in [1.82, 2.24) is 9.55 Å². The first-order chi connectivity index (χ1) is 12.6. The summed E-state index contributed by atoms with van der Waals surface area (Å²) in [5.41, 5.74) is -1.49. The van der Waals surface area contributed by atoms with E-state index < -0.39 is 53.7 Å². The van der Waals surface area contributed by atoms with E-state index in [1.807, 2.05) is 0 Å². The third-order valence-electron chi connectivity index (χ3n) is 3.54. The van der Waals surface area contributed by atoms with Crippen molar-refractivity contribution in [2.45, 2.75) is 45.3 Å². The normalized spacial score (nSPS) is 24.3. The number of aromatic nitrogens is 2. The highest BCUT2D eigenvalue weighted by molar-refractivity contribution is 9.10. The van der Waals surface area contributed by atoms with Crippen molar-refractivity contribution in [3.05, 3.63) is 31.5 Å². The number of carbonyl (C=O) groups excluding carboxylic acids is 3. The minimum Gasteiger partial charge on any atom is -0.463 e. The summed E-state index contributed by atoms with van der Waals surface area (Å²) in [6.07, 6.45) is -3.46. The molecule has 0 aromatic carbocycles. The van der Waals surface area contributed by atoms with Crippen molar-refractivity contribution in [1.29, 1.82) is 0 Å². The molecule has 27 heavy (non-hydrogen) atoms. The number of hydrogen-bond acceptors (Lipinski definition) is 9. The fraction of sp³-hybridized carbons (Fsp3) is 0.533. The first-order valence-corrected chi connectivity index (χ1v) is 8.53. The average molecular weight is 449 g/mol. The van der Waals surface area contributed by atoms with Crippen LogP contribution in [0.5, 0.6) is 0 Å². The second kappa shape index (κ2) is 8.48. The first-order valence-electron chi connectivity index (χ1n) is 7.74. The maximum atomic E-state index is 12.2. The third-order valence-corrected chi connectivity index (χ3v) is 4.10. The van der Waals surface area contributed by atoms with Gasteiger partial charge in [-0.05, 0) is 15.9 Å². The number of hydrogen-bond donors (Lipinski definition) is 1. The number of rotatable bonds is 5. The second-order valence-electron chi connectivity index (χ2n) is 5.66. The van der Waals surface area contributed by atoms with E-state index in [9.17, 15) is 24.0 Å². The zero-order chi connectivity index (χ0) is 20.3. The summed E-state index contributed by atoms with van der Waals surface area (Å²) in [6.45, 7) is 3.15. The highest BCUT2D eigenvalue weighted by atomic mass is 79.9. The van der Waals surface area contributed by atoms with Gasteiger partial charge >= 0.3 is 23.6 Å². The number of nitrogens with one attached hydrogen (secondary N) is 1. The van der Waals surface area contributed by atoms with Gasteiger partial charge in [-0.1, -0.05) is 0 Å². The Morgan fingerprint density at radius 1 is 1.11 bits per heavy atom. The fourth-order valence-corrected chi connectivity index (χ4v) is 2.89. The quantitative estimate of drug-likeness (QED) is 0.470. The van der Waals surface area contributed by atoms with Gasteiger partial charge in [0.25, 0.3) is 5.56 Å². The molecular formula is C15H17BrN2O9. The Kier molecular flexibility index (Phi) is 6.54.